The minimum absolute atomic E-state index is 0.213. The SMILES string of the molecule is CCNc1nc(-c2cccc(NC(=O)C(C)Cl)c2)cs1. The number of hydrogen-bond acceptors (Lipinski definition) is 4. The molecule has 6 heteroatoms. The molecule has 0 fully saturated rings. The number of carbonyl (C=O) groups excluding carboxylic acids is 1. The third-order valence-corrected chi connectivity index (χ3v) is 3.62. The van der Waals surface area contributed by atoms with Crippen molar-refractivity contribution in [3.63, 3.8) is 0 Å². The van der Waals surface area contributed by atoms with Gasteiger partial charge in [0.25, 0.3) is 0 Å². The van der Waals surface area contributed by atoms with E-state index in [0.717, 1.165) is 28.6 Å². The Morgan fingerprint density at radius 1 is 1.50 bits per heavy atom. The molecule has 2 aromatic rings. The Bertz CT molecular complexity index is 598. The average molecular weight is 310 g/mol. The minimum Gasteiger partial charge on any atom is -0.362 e. The largest absolute Gasteiger partial charge is 0.362 e. The van der Waals surface area contributed by atoms with E-state index in [1.165, 1.54) is 0 Å². The maximum atomic E-state index is 11.6. The van der Waals surface area contributed by atoms with Crippen molar-refractivity contribution in [2.24, 2.45) is 0 Å². The predicted molar refractivity (Wildman–Crippen MR) is 85.7 cm³/mol. The first kappa shape index (κ1) is 14.8. The van der Waals surface area contributed by atoms with Crippen LogP contribution in [0.5, 0.6) is 0 Å². The molecule has 0 aliphatic carbocycles. The van der Waals surface area contributed by atoms with E-state index in [-0.39, 0.29) is 5.91 Å². The van der Waals surface area contributed by atoms with Crippen molar-refractivity contribution >= 4 is 39.7 Å². The van der Waals surface area contributed by atoms with Gasteiger partial charge in [-0.05, 0) is 26.0 Å². The smallest absolute Gasteiger partial charge is 0.242 e. The third kappa shape index (κ3) is 3.71. The molecule has 0 saturated heterocycles. The van der Waals surface area contributed by atoms with E-state index in [1.807, 2.05) is 36.6 Å². The first-order valence-electron chi connectivity index (χ1n) is 6.35. The molecular formula is C14H16ClN3OS. The number of thiazole rings is 1. The normalized spacial score (nSPS) is 11.9. The maximum absolute atomic E-state index is 11.6. The first-order valence-corrected chi connectivity index (χ1v) is 7.66. The first-order chi connectivity index (χ1) is 9.60. The van der Waals surface area contributed by atoms with Gasteiger partial charge in [-0.15, -0.1) is 22.9 Å². The number of benzene rings is 1. The van der Waals surface area contributed by atoms with Crippen LogP contribution in [0.15, 0.2) is 29.6 Å². The van der Waals surface area contributed by atoms with E-state index < -0.39 is 5.38 Å². The van der Waals surface area contributed by atoms with Crippen LogP contribution in [0.4, 0.5) is 10.8 Å². The van der Waals surface area contributed by atoms with Crippen molar-refractivity contribution < 1.29 is 4.79 Å². The van der Waals surface area contributed by atoms with E-state index in [4.69, 9.17) is 11.6 Å². The summed E-state index contributed by atoms with van der Waals surface area (Å²) >= 11 is 7.30. The number of hydrogen-bond donors (Lipinski definition) is 2. The highest BCUT2D eigenvalue weighted by atomic mass is 35.5. The number of nitrogens with one attached hydrogen (secondary N) is 2. The molecule has 2 N–H and O–H groups in total. The quantitative estimate of drug-likeness (QED) is 0.826. The van der Waals surface area contributed by atoms with E-state index >= 15 is 0 Å². The van der Waals surface area contributed by atoms with E-state index in [1.54, 1.807) is 18.3 Å². The van der Waals surface area contributed by atoms with Crippen molar-refractivity contribution in [1.82, 2.24) is 4.98 Å². The number of anilines is 2. The summed E-state index contributed by atoms with van der Waals surface area (Å²) in [6.45, 7) is 4.52. The monoisotopic (exact) mass is 309 g/mol. The van der Waals surface area contributed by atoms with Crippen LogP contribution < -0.4 is 10.6 Å². The summed E-state index contributed by atoms with van der Waals surface area (Å²) in [6, 6.07) is 7.57. The molecule has 0 bridgehead atoms. The zero-order valence-corrected chi connectivity index (χ0v) is 12.9. The summed E-state index contributed by atoms with van der Waals surface area (Å²) in [7, 11) is 0. The summed E-state index contributed by atoms with van der Waals surface area (Å²) in [6.07, 6.45) is 0. The van der Waals surface area contributed by atoms with Crippen LogP contribution in [0, 0.1) is 0 Å². The highest BCUT2D eigenvalue weighted by molar-refractivity contribution is 7.14. The molecule has 106 valence electrons. The summed E-state index contributed by atoms with van der Waals surface area (Å²) in [5.41, 5.74) is 2.57. The van der Waals surface area contributed by atoms with Gasteiger partial charge in [0.15, 0.2) is 5.13 Å². The van der Waals surface area contributed by atoms with Crippen LogP contribution in [0.25, 0.3) is 11.3 Å². The van der Waals surface area contributed by atoms with Crippen LogP contribution >= 0.6 is 22.9 Å². The Hall–Kier alpha value is -1.59. The zero-order valence-electron chi connectivity index (χ0n) is 11.3. The number of amides is 1. The maximum Gasteiger partial charge on any atom is 0.242 e. The molecule has 0 spiro atoms. The summed E-state index contributed by atoms with van der Waals surface area (Å²) in [4.78, 5) is 16.1. The highest BCUT2D eigenvalue weighted by Crippen LogP contribution is 2.26. The fourth-order valence-corrected chi connectivity index (χ4v) is 2.48. The fourth-order valence-electron chi connectivity index (χ4n) is 1.64. The topological polar surface area (TPSA) is 54.0 Å². The van der Waals surface area contributed by atoms with E-state index in [9.17, 15) is 4.79 Å². The number of aromatic nitrogens is 1. The Labute approximate surface area is 127 Å². The minimum atomic E-state index is -0.557. The number of nitrogens with zero attached hydrogens (tertiary/aromatic N) is 1. The molecule has 0 aliphatic heterocycles. The zero-order chi connectivity index (χ0) is 14.5. The third-order valence-electron chi connectivity index (χ3n) is 2.62. The standard InChI is InChI=1S/C14H16ClN3OS/c1-3-16-14-18-12(8-20-14)10-5-4-6-11(7-10)17-13(19)9(2)15/h4-9H,3H2,1-2H3,(H,16,18)(H,17,19). The van der Waals surface area contributed by atoms with Crippen LogP contribution in [0.3, 0.4) is 0 Å². The lowest BCUT2D eigenvalue weighted by Gasteiger charge is -2.07. The second-order valence-electron chi connectivity index (χ2n) is 4.25. The lowest BCUT2D eigenvalue weighted by atomic mass is 10.1. The highest BCUT2D eigenvalue weighted by Gasteiger charge is 2.10. The van der Waals surface area contributed by atoms with Crippen LogP contribution in [0.2, 0.25) is 0 Å². The lowest BCUT2D eigenvalue weighted by molar-refractivity contribution is -0.115. The molecule has 0 aliphatic rings. The van der Waals surface area contributed by atoms with E-state index in [2.05, 4.69) is 15.6 Å². The number of halogens is 1. The van der Waals surface area contributed by atoms with Crippen LogP contribution in [-0.2, 0) is 4.79 Å². The Balaban J connectivity index is 2.18. The lowest BCUT2D eigenvalue weighted by Crippen LogP contribution is -2.20. The van der Waals surface area contributed by atoms with Crippen molar-refractivity contribution in [2.75, 3.05) is 17.2 Å². The van der Waals surface area contributed by atoms with Gasteiger partial charge in [0.2, 0.25) is 5.91 Å². The van der Waals surface area contributed by atoms with Crippen molar-refractivity contribution in [3.8, 4) is 11.3 Å². The molecule has 1 unspecified atom stereocenters. The molecular weight excluding hydrogens is 294 g/mol. The molecule has 1 heterocycles. The van der Waals surface area contributed by atoms with Crippen molar-refractivity contribution in [1.29, 1.82) is 0 Å². The van der Waals surface area contributed by atoms with Gasteiger partial charge in [0.05, 0.1) is 5.69 Å². The molecule has 1 amide bonds. The predicted octanol–water partition coefficient (Wildman–Crippen LogP) is 3.81. The Morgan fingerprint density at radius 3 is 3.00 bits per heavy atom. The average Bonchev–Trinajstić information content (AvgIpc) is 2.88. The molecule has 2 rings (SSSR count). The molecule has 0 radical (unpaired) electrons. The van der Waals surface area contributed by atoms with Crippen molar-refractivity contribution in [3.05, 3.63) is 29.6 Å². The molecule has 1 aromatic heterocycles. The molecule has 1 aromatic carbocycles. The second-order valence-corrected chi connectivity index (χ2v) is 5.77. The van der Waals surface area contributed by atoms with Crippen LogP contribution in [-0.4, -0.2) is 22.8 Å². The Morgan fingerprint density at radius 2 is 2.30 bits per heavy atom. The molecule has 4 nitrogen and oxygen atoms in total. The van der Waals surface area contributed by atoms with Gasteiger partial charge in [-0.1, -0.05) is 12.1 Å². The number of alkyl halides is 1. The van der Waals surface area contributed by atoms with Gasteiger partial charge in [-0.25, -0.2) is 4.98 Å². The summed E-state index contributed by atoms with van der Waals surface area (Å²) < 4.78 is 0. The van der Waals surface area contributed by atoms with Gasteiger partial charge < -0.3 is 10.6 Å². The number of carbonyl (C=O) groups is 1. The molecule has 1 atom stereocenters. The summed E-state index contributed by atoms with van der Waals surface area (Å²) in [5, 5.41) is 8.28. The summed E-state index contributed by atoms with van der Waals surface area (Å²) in [5.74, 6) is -0.213. The van der Waals surface area contributed by atoms with Gasteiger partial charge in [-0.3, -0.25) is 4.79 Å². The molecule has 0 saturated carbocycles. The van der Waals surface area contributed by atoms with Gasteiger partial charge in [0, 0.05) is 23.2 Å². The molecule has 20 heavy (non-hydrogen) atoms. The van der Waals surface area contributed by atoms with Gasteiger partial charge >= 0.3 is 0 Å². The fraction of sp³-hybridized carbons (Fsp3) is 0.286. The number of rotatable bonds is 5. The van der Waals surface area contributed by atoms with E-state index in [0.29, 0.717) is 0 Å². The van der Waals surface area contributed by atoms with Gasteiger partial charge in [0.1, 0.15) is 5.38 Å². The second kappa shape index (κ2) is 6.72. The Kier molecular flexibility index (Phi) is 4.98. The van der Waals surface area contributed by atoms with Gasteiger partial charge in [-0.2, -0.15) is 0 Å². The van der Waals surface area contributed by atoms with Crippen molar-refractivity contribution in [2.45, 2.75) is 19.2 Å². The van der Waals surface area contributed by atoms with Crippen LogP contribution in [0.1, 0.15) is 13.8 Å².